The molecule has 5 saturated carbocycles. The highest BCUT2D eigenvalue weighted by Gasteiger charge is 2.55. The van der Waals surface area contributed by atoms with E-state index in [4.69, 9.17) is 4.74 Å². The zero-order valence-electron chi connectivity index (χ0n) is 27.0. The Balaban J connectivity index is 0.898. The van der Waals surface area contributed by atoms with Gasteiger partial charge in [0.25, 0.3) is 0 Å². The van der Waals surface area contributed by atoms with E-state index < -0.39 is 12.2 Å². The molecule has 1 aromatic heterocycles. The molecule has 1 aromatic carbocycles. The number of nitrogens with one attached hydrogen (secondary N) is 4. The molecule has 4 N–H and O–H groups in total. The lowest BCUT2D eigenvalue weighted by atomic mass is 9.48. The van der Waals surface area contributed by atoms with Crippen molar-refractivity contribution in [3.63, 3.8) is 0 Å². The van der Waals surface area contributed by atoms with Crippen LogP contribution in [-0.4, -0.2) is 60.8 Å². The van der Waals surface area contributed by atoms with Crippen molar-refractivity contribution in [2.24, 2.45) is 29.1 Å². The highest BCUT2D eigenvalue weighted by molar-refractivity contribution is 5.43. The fraction of sp³-hybridized carbons (Fsp3) is 0.714. The van der Waals surface area contributed by atoms with Gasteiger partial charge in [-0.05, 0) is 112 Å². The fourth-order valence-corrected chi connectivity index (χ4v) is 9.67. The number of benzene rings is 1. The van der Waals surface area contributed by atoms with Gasteiger partial charge in [-0.2, -0.15) is 4.98 Å². The summed E-state index contributed by atoms with van der Waals surface area (Å²) < 4.78 is 63.0. The molecule has 0 amide bonds. The van der Waals surface area contributed by atoms with Crippen LogP contribution in [-0.2, 0) is 11.3 Å². The highest BCUT2D eigenvalue weighted by Crippen LogP contribution is 2.60. The second-order valence-corrected chi connectivity index (χ2v) is 14.9. The summed E-state index contributed by atoms with van der Waals surface area (Å²) in [6, 6.07) is 7.75. The molecule has 1 aliphatic heterocycles. The molecule has 5 atom stereocenters. The van der Waals surface area contributed by atoms with Crippen LogP contribution in [0.2, 0.25) is 0 Å². The molecule has 5 aliphatic carbocycles. The second kappa shape index (κ2) is 14.0. The van der Waals surface area contributed by atoms with E-state index in [1.54, 1.807) is 6.07 Å². The summed E-state index contributed by atoms with van der Waals surface area (Å²) in [7, 11) is 0. The van der Waals surface area contributed by atoms with Crippen LogP contribution in [0.5, 0.6) is 5.75 Å². The zero-order valence-corrected chi connectivity index (χ0v) is 27.0. The van der Waals surface area contributed by atoms with Crippen molar-refractivity contribution in [2.75, 3.05) is 36.9 Å². The molecule has 2 heterocycles. The van der Waals surface area contributed by atoms with Gasteiger partial charge in [-0.1, -0.05) is 18.2 Å². The molecule has 12 heteroatoms. The van der Waals surface area contributed by atoms with Gasteiger partial charge >= 0.3 is 6.36 Å². The lowest BCUT2D eigenvalue weighted by Gasteiger charge is -2.60. The lowest BCUT2D eigenvalue weighted by molar-refractivity contribution is -0.274. The number of aromatic nitrogens is 2. The number of ether oxygens (including phenoxy) is 2. The van der Waals surface area contributed by atoms with Gasteiger partial charge < -0.3 is 30.7 Å². The highest BCUT2D eigenvalue weighted by atomic mass is 19.4. The van der Waals surface area contributed by atoms with Gasteiger partial charge in [0, 0.05) is 50.0 Å². The number of nitrogens with zero attached hydrogens (tertiary/aromatic N) is 2. The first kappa shape index (κ1) is 32.8. The molecule has 3 unspecified atom stereocenters. The normalized spacial score (nSPS) is 32.3. The number of para-hydroxylation sites is 1. The fourth-order valence-electron chi connectivity index (χ4n) is 9.67. The van der Waals surface area contributed by atoms with Crippen molar-refractivity contribution in [2.45, 2.75) is 102 Å². The molecule has 0 spiro atoms. The average Bonchev–Trinajstić information content (AvgIpc) is 3.04. The van der Waals surface area contributed by atoms with Crippen LogP contribution in [0.4, 0.5) is 29.3 Å². The van der Waals surface area contributed by atoms with E-state index in [1.165, 1.54) is 56.7 Å². The Morgan fingerprint density at radius 3 is 2.38 bits per heavy atom. The summed E-state index contributed by atoms with van der Waals surface area (Å²) in [5.74, 6) is 2.21. The summed E-state index contributed by atoms with van der Waals surface area (Å²) in [6.07, 6.45) is 9.72. The quantitative estimate of drug-likeness (QED) is 0.188. The smallest absolute Gasteiger partial charge is 0.405 e. The first-order valence-electron chi connectivity index (χ1n) is 17.6. The Labute approximate surface area is 274 Å². The Kier molecular flexibility index (Phi) is 9.80. The van der Waals surface area contributed by atoms with Gasteiger partial charge in [0.1, 0.15) is 5.75 Å². The molecule has 2 aromatic rings. The molecular weight excluding hydrogens is 612 g/mol. The summed E-state index contributed by atoms with van der Waals surface area (Å²) in [5, 5.41) is 14.2. The van der Waals surface area contributed by atoms with Gasteiger partial charge in [0.05, 0.1) is 6.20 Å². The minimum atomic E-state index is -4.80. The monoisotopic (exact) mass is 660 g/mol. The van der Waals surface area contributed by atoms with E-state index in [0.29, 0.717) is 42.1 Å². The molecule has 1 saturated heterocycles. The van der Waals surface area contributed by atoms with Gasteiger partial charge in [0.2, 0.25) is 5.95 Å². The molecule has 4 bridgehead atoms. The van der Waals surface area contributed by atoms with Crippen molar-refractivity contribution < 1.29 is 27.0 Å². The maximum absolute atomic E-state index is 14.8. The predicted molar refractivity (Wildman–Crippen MR) is 171 cm³/mol. The minimum absolute atomic E-state index is 0.00464. The second-order valence-electron chi connectivity index (χ2n) is 14.9. The van der Waals surface area contributed by atoms with Gasteiger partial charge in [-0.25, -0.2) is 9.37 Å². The Morgan fingerprint density at radius 1 is 0.915 bits per heavy atom. The largest absolute Gasteiger partial charge is 0.573 e. The first-order valence-corrected chi connectivity index (χ1v) is 17.6. The van der Waals surface area contributed by atoms with Crippen molar-refractivity contribution in [3.05, 3.63) is 41.8 Å². The Hall–Kier alpha value is -2.70. The number of rotatable bonds is 12. The third-order valence-electron chi connectivity index (χ3n) is 11.6. The summed E-state index contributed by atoms with van der Waals surface area (Å²) in [6.45, 7) is 3.55. The third kappa shape index (κ3) is 8.13. The molecule has 0 radical (unpaired) electrons. The van der Waals surface area contributed by atoms with Crippen LogP contribution < -0.4 is 26.0 Å². The Morgan fingerprint density at radius 2 is 1.64 bits per heavy atom. The standard InChI is InChI=1S/C35H48F4N6O2/c36-29-20-42-33(41-19-24-3-1-2-4-30(24)47-35(37,38)39)45-32(29)43-21-34-15-23-13-25(16-34)31(26(14-23)17-34)40-18-22-5-7-27(8-6-22)44-28-9-11-46-12-10-28/h1-4,20,22-23,25-28,31,40,44H,5-19,21H2,(H2,41,42,43,45)/t22?,23?,25-,26+,27?,31?,34?. The van der Waals surface area contributed by atoms with Gasteiger partial charge in [-0.3, -0.25) is 0 Å². The molecular formula is C35H48F4N6O2. The topological polar surface area (TPSA) is 92.4 Å². The molecule has 6 fully saturated rings. The number of hydrogen-bond acceptors (Lipinski definition) is 8. The van der Waals surface area contributed by atoms with E-state index in [2.05, 4.69) is 36.0 Å². The number of halogens is 4. The molecule has 47 heavy (non-hydrogen) atoms. The number of anilines is 2. The van der Waals surface area contributed by atoms with Crippen molar-refractivity contribution in [3.8, 4) is 5.75 Å². The summed E-state index contributed by atoms with van der Waals surface area (Å²) in [5.41, 5.74) is 0.417. The SMILES string of the molecule is Fc1cnc(NCc2ccccc2OC(F)(F)F)nc1NCC12CC3C[C@H](C1)C(NCC1CCC(NC4CCOCC4)CC1)[C@@H](C3)C2. The minimum Gasteiger partial charge on any atom is -0.405 e. The van der Waals surface area contributed by atoms with E-state index >= 15 is 0 Å². The van der Waals surface area contributed by atoms with Gasteiger partial charge in [-0.15, -0.1) is 13.2 Å². The average molecular weight is 661 g/mol. The van der Waals surface area contributed by atoms with Crippen LogP contribution in [0.25, 0.3) is 0 Å². The van der Waals surface area contributed by atoms with E-state index in [-0.39, 0.29) is 29.5 Å². The molecule has 8 nitrogen and oxygen atoms in total. The lowest BCUT2D eigenvalue weighted by Crippen LogP contribution is -2.60. The first-order chi connectivity index (χ1) is 22.7. The van der Waals surface area contributed by atoms with Crippen molar-refractivity contribution in [1.82, 2.24) is 20.6 Å². The summed E-state index contributed by atoms with van der Waals surface area (Å²) in [4.78, 5) is 8.36. The zero-order chi connectivity index (χ0) is 32.4. The van der Waals surface area contributed by atoms with Crippen LogP contribution in [0, 0.1) is 34.9 Å². The predicted octanol–water partition coefficient (Wildman–Crippen LogP) is 6.65. The van der Waals surface area contributed by atoms with Crippen molar-refractivity contribution in [1.29, 1.82) is 0 Å². The van der Waals surface area contributed by atoms with E-state index in [1.807, 2.05) is 0 Å². The van der Waals surface area contributed by atoms with Gasteiger partial charge in [0.15, 0.2) is 11.6 Å². The maximum Gasteiger partial charge on any atom is 0.573 e. The number of hydrogen-bond donors (Lipinski definition) is 4. The van der Waals surface area contributed by atoms with Crippen LogP contribution in [0.3, 0.4) is 0 Å². The maximum atomic E-state index is 14.8. The van der Waals surface area contributed by atoms with E-state index in [0.717, 1.165) is 69.9 Å². The molecule has 8 rings (SSSR count). The van der Waals surface area contributed by atoms with Crippen LogP contribution in [0.15, 0.2) is 30.5 Å². The Bertz CT molecular complexity index is 1330. The number of alkyl halides is 3. The molecule has 6 aliphatic rings. The van der Waals surface area contributed by atoms with E-state index in [9.17, 15) is 17.6 Å². The van der Waals surface area contributed by atoms with Crippen LogP contribution >= 0.6 is 0 Å². The van der Waals surface area contributed by atoms with Crippen LogP contribution in [0.1, 0.15) is 76.2 Å². The van der Waals surface area contributed by atoms with Crippen molar-refractivity contribution >= 4 is 11.8 Å². The third-order valence-corrected chi connectivity index (χ3v) is 11.6. The summed E-state index contributed by atoms with van der Waals surface area (Å²) >= 11 is 0. The molecule has 258 valence electrons.